The molecule has 7 heteroatoms. The summed E-state index contributed by atoms with van der Waals surface area (Å²) < 4.78 is 0. The van der Waals surface area contributed by atoms with E-state index in [1.54, 1.807) is 23.1 Å². The maximum absolute atomic E-state index is 12.1. The van der Waals surface area contributed by atoms with Crippen LogP contribution in [0.4, 0.5) is 0 Å². The molecule has 0 spiro atoms. The van der Waals surface area contributed by atoms with Gasteiger partial charge in [-0.3, -0.25) is 14.5 Å². The smallest absolute Gasteiger partial charge is 0.320 e. The largest absolute Gasteiger partial charge is 0.480 e. The van der Waals surface area contributed by atoms with Crippen molar-refractivity contribution in [3.63, 3.8) is 0 Å². The molecule has 0 bridgehead atoms. The zero-order valence-electron chi connectivity index (χ0n) is 12.2. The van der Waals surface area contributed by atoms with Crippen LogP contribution in [0.25, 0.3) is 0 Å². The molecule has 2 atom stereocenters. The Morgan fingerprint density at radius 1 is 1.41 bits per heavy atom. The van der Waals surface area contributed by atoms with Gasteiger partial charge in [0.05, 0.1) is 22.6 Å². The van der Waals surface area contributed by atoms with Crippen LogP contribution in [0.5, 0.6) is 0 Å². The van der Waals surface area contributed by atoms with Crippen LogP contribution in [0.2, 0.25) is 10.0 Å². The number of nitrogens with one attached hydrogen (secondary N) is 1. The van der Waals surface area contributed by atoms with Gasteiger partial charge in [0, 0.05) is 0 Å². The quantitative estimate of drug-likeness (QED) is 0.861. The maximum atomic E-state index is 12.1. The Morgan fingerprint density at radius 3 is 2.77 bits per heavy atom. The second-order valence-electron chi connectivity index (χ2n) is 5.43. The van der Waals surface area contributed by atoms with Crippen LogP contribution in [-0.4, -0.2) is 41.0 Å². The van der Waals surface area contributed by atoms with Gasteiger partial charge in [0.2, 0.25) is 5.91 Å². The number of carbonyl (C=O) groups is 2. The van der Waals surface area contributed by atoms with E-state index in [0.29, 0.717) is 23.0 Å². The molecule has 2 rings (SSSR count). The third-order valence-electron chi connectivity index (χ3n) is 3.82. The third kappa shape index (κ3) is 4.12. The molecular weight excluding hydrogens is 327 g/mol. The van der Waals surface area contributed by atoms with E-state index in [1.807, 2.05) is 6.92 Å². The highest BCUT2D eigenvalue weighted by atomic mass is 35.5. The SMILES string of the molecule is C[C@H](NC(=O)CN1CCC[C@H]1C(=O)O)c1ccc(Cl)c(Cl)c1. The predicted octanol–water partition coefficient (Wildman–Crippen LogP) is 2.72. The Bertz CT molecular complexity index is 580. The number of aliphatic carboxylic acids is 1. The van der Waals surface area contributed by atoms with Crippen molar-refractivity contribution in [3.8, 4) is 0 Å². The molecule has 0 aliphatic carbocycles. The molecule has 5 nitrogen and oxygen atoms in total. The number of carbonyl (C=O) groups excluding carboxylic acids is 1. The van der Waals surface area contributed by atoms with E-state index in [-0.39, 0.29) is 18.5 Å². The highest BCUT2D eigenvalue weighted by Crippen LogP contribution is 2.25. The number of nitrogens with zero attached hydrogens (tertiary/aromatic N) is 1. The Hall–Kier alpha value is -1.30. The normalized spacial score (nSPS) is 19.9. The number of amides is 1. The molecule has 22 heavy (non-hydrogen) atoms. The number of halogens is 2. The first-order valence-electron chi connectivity index (χ1n) is 7.09. The van der Waals surface area contributed by atoms with Crippen LogP contribution in [0.15, 0.2) is 18.2 Å². The molecule has 1 aliphatic rings. The van der Waals surface area contributed by atoms with E-state index in [4.69, 9.17) is 28.3 Å². The van der Waals surface area contributed by atoms with Gasteiger partial charge >= 0.3 is 5.97 Å². The number of rotatable bonds is 5. The molecule has 1 saturated heterocycles. The number of carboxylic acids is 1. The van der Waals surface area contributed by atoms with Gasteiger partial charge in [-0.15, -0.1) is 0 Å². The van der Waals surface area contributed by atoms with E-state index in [0.717, 1.165) is 12.0 Å². The monoisotopic (exact) mass is 344 g/mol. The maximum Gasteiger partial charge on any atom is 0.320 e. The summed E-state index contributed by atoms with van der Waals surface area (Å²) in [5.41, 5.74) is 0.846. The van der Waals surface area contributed by atoms with Crippen molar-refractivity contribution < 1.29 is 14.7 Å². The summed E-state index contributed by atoms with van der Waals surface area (Å²) in [7, 11) is 0. The second kappa shape index (κ2) is 7.31. The molecule has 1 aromatic carbocycles. The van der Waals surface area contributed by atoms with Crippen LogP contribution in [-0.2, 0) is 9.59 Å². The van der Waals surface area contributed by atoms with Crippen molar-refractivity contribution in [3.05, 3.63) is 33.8 Å². The summed E-state index contributed by atoms with van der Waals surface area (Å²) >= 11 is 11.8. The first kappa shape index (κ1) is 17.1. The van der Waals surface area contributed by atoms with Crippen LogP contribution in [0.3, 0.4) is 0 Å². The molecule has 1 fully saturated rings. The van der Waals surface area contributed by atoms with Gasteiger partial charge in [-0.05, 0) is 44.0 Å². The summed E-state index contributed by atoms with van der Waals surface area (Å²) in [4.78, 5) is 24.9. The molecule has 120 valence electrons. The Kier molecular flexibility index (Phi) is 5.67. The fraction of sp³-hybridized carbons (Fsp3) is 0.467. The van der Waals surface area contributed by atoms with Crippen LogP contribution < -0.4 is 5.32 Å². The Balaban J connectivity index is 1.93. The summed E-state index contributed by atoms with van der Waals surface area (Å²) in [6, 6.07) is 4.40. The highest BCUT2D eigenvalue weighted by molar-refractivity contribution is 6.42. The molecule has 1 amide bonds. The fourth-order valence-corrected chi connectivity index (χ4v) is 2.94. The fourth-order valence-electron chi connectivity index (χ4n) is 2.63. The zero-order chi connectivity index (χ0) is 16.3. The lowest BCUT2D eigenvalue weighted by Crippen LogP contribution is -2.43. The van der Waals surface area contributed by atoms with Crippen molar-refractivity contribution >= 4 is 35.1 Å². The molecule has 0 aromatic heterocycles. The zero-order valence-corrected chi connectivity index (χ0v) is 13.7. The van der Waals surface area contributed by atoms with Gasteiger partial charge in [0.25, 0.3) is 0 Å². The van der Waals surface area contributed by atoms with Crippen LogP contribution in [0, 0.1) is 0 Å². The molecule has 0 radical (unpaired) electrons. The number of benzene rings is 1. The van der Waals surface area contributed by atoms with Gasteiger partial charge in [-0.1, -0.05) is 29.3 Å². The van der Waals surface area contributed by atoms with Crippen molar-refractivity contribution in [2.45, 2.75) is 31.8 Å². The van der Waals surface area contributed by atoms with Crippen molar-refractivity contribution in [2.75, 3.05) is 13.1 Å². The minimum Gasteiger partial charge on any atom is -0.480 e. The summed E-state index contributed by atoms with van der Waals surface area (Å²) in [6.45, 7) is 2.56. The van der Waals surface area contributed by atoms with Gasteiger partial charge in [-0.2, -0.15) is 0 Å². The van der Waals surface area contributed by atoms with Crippen LogP contribution >= 0.6 is 23.2 Å². The van der Waals surface area contributed by atoms with Gasteiger partial charge in [-0.25, -0.2) is 0 Å². The molecule has 1 aromatic rings. The molecule has 1 heterocycles. The average Bonchev–Trinajstić information content (AvgIpc) is 2.89. The minimum atomic E-state index is -0.872. The standard InChI is InChI=1S/C15H18Cl2N2O3/c1-9(10-4-5-11(16)12(17)7-10)18-14(20)8-19-6-2-3-13(19)15(21)22/h4-5,7,9,13H,2-3,6,8H2,1H3,(H,18,20)(H,21,22)/t9-,13-/m0/s1. The molecule has 1 aliphatic heterocycles. The number of hydrogen-bond donors (Lipinski definition) is 2. The first-order chi connectivity index (χ1) is 10.4. The molecule has 0 saturated carbocycles. The predicted molar refractivity (Wildman–Crippen MR) is 85.3 cm³/mol. The Labute approximate surface area is 139 Å². The second-order valence-corrected chi connectivity index (χ2v) is 6.24. The van der Waals surface area contributed by atoms with Gasteiger partial charge in [0.15, 0.2) is 0 Å². The topological polar surface area (TPSA) is 69.6 Å². The van der Waals surface area contributed by atoms with Crippen molar-refractivity contribution in [1.29, 1.82) is 0 Å². The summed E-state index contributed by atoms with van der Waals surface area (Å²) in [5.74, 6) is -1.07. The summed E-state index contributed by atoms with van der Waals surface area (Å²) in [5, 5.41) is 12.9. The molecule has 2 N–H and O–H groups in total. The van der Waals surface area contributed by atoms with E-state index < -0.39 is 12.0 Å². The lowest BCUT2D eigenvalue weighted by molar-refractivity contribution is -0.142. The average molecular weight is 345 g/mol. The van der Waals surface area contributed by atoms with E-state index in [2.05, 4.69) is 5.32 Å². The van der Waals surface area contributed by atoms with E-state index in [9.17, 15) is 9.59 Å². The first-order valence-corrected chi connectivity index (χ1v) is 7.85. The van der Waals surface area contributed by atoms with E-state index in [1.165, 1.54) is 0 Å². The van der Waals surface area contributed by atoms with Gasteiger partial charge < -0.3 is 10.4 Å². The molecular formula is C15H18Cl2N2O3. The number of likely N-dealkylation sites (tertiary alicyclic amines) is 1. The lowest BCUT2D eigenvalue weighted by atomic mass is 10.1. The van der Waals surface area contributed by atoms with Gasteiger partial charge in [0.1, 0.15) is 6.04 Å². The van der Waals surface area contributed by atoms with Crippen molar-refractivity contribution in [1.82, 2.24) is 10.2 Å². The molecule has 0 unspecified atom stereocenters. The van der Waals surface area contributed by atoms with Crippen LogP contribution in [0.1, 0.15) is 31.4 Å². The van der Waals surface area contributed by atoms with Crippen molar-refractivity contribution in [2.24, 2.45) is 0 Å². The highest BCUT2D eigenvalue weighted by Gasteiger charge is 2.31. The lowest BCUT2D eigenvalue weighted by Gasteiger charge is -2.22. The Morgan fingerprint density at radius 2 is 2.14 bits per heavy atom. The third-order valence-corrected chi connectivity index (χ3v) is 4.56. The van der Waals surface area contributed by atoms with E-state index >= 15 is 0 Å². The minimum absolute atomic E-state index is 0.0859. The number of carboxylic acid groups (broad SMARTS) is 1. The number of hydrogen-bond acceptors (Lipinski definition) is 3. The summed E-state index contributed by atoms with van der Waals surface area (Å²) in [6.07, 6.45) is 1.39.